The highest BCUT2D eigenvalue weighted by Gasteiger charge is 2.22. The summed E-state index contributed by atoms with van der Waals surface area (Å²) in [4.78, 5) is 12.6. The Kier molecular flexibility index (Phi) is 6.29. The van der Waals surface area contributed by atoms with E-state index in [9.17, 15) is 13.2 Å². The van der Waals surface area contributed by atoms with E-state index in [1.165, 1.54) is 12.1 Å². The van der Waals surface area contributed by atoms with E-state index in [-0.39, 0.29) is 16.8 Å². The van der Waals surface area contributed by atoms with Crippen LogP contribution in [0.4, 0.5) is 0 Å². The summed E-state index contributed by atoms with van der Waals surface area (Å²) in [5, 5.41) is 2.86. The van der Waals surface area contributed by atoms with E-state index in [4.69, 9.17) is 0 Å². The molecule has 1 saturated carbocycles. The lowest BCUT2D eigenvalue weighted by Gasteiger charge is -2.22. The van der Waals surface area contributed by atoms with E-state index in [0.717, 1.165) is 43.2 Å². The summed E-state index contributed by atoms with van der Waals surface area (Å²) in [5.41, 5.74) is 2.48. The first-order valence-corrected chi connectivity index (χ1v) is 10.9. The summed E-state index contributed by atoms with van der Waals surface area (Å²) in [6.07, 6.45) is 5.00. The van der Waals surface area contributed by atoms with Gasteiger partial charge in [0.2, 0.25) is 10.0 Å². The summed E-state index contributed by atoms with van der Waals surface area (Å²) >= 11 is 0. The van der Waals surface area contributed by atoms with Crippen LogP contribution in [0.25, 0.3) is 0 Å². The second-order valence-electron chi connectivity index (χ2n) is 7.09. The van der Waals surface area contributed by atoms with Crippen molar-refractivity contribution in [3.05, 3.63) is 65.2 Å². The van der Waals surface area contributed by atoms with Gasteiger partial charge < -0.3 is 5.32 Å². The number of hydrogen-bond acceptors (Lipinski definition) is 3. The van der Waals surface area contributed by atoms with Gasteiger partial charge in [-0.15, -0.1) is 0 Å². The summed E-state index contributed by atoms with van der Waals surface area (Å²) < 4.78 is 28.1. The number of amides is 1. The molecule has 0 aliphatic heterocycles. The standard InChI is InChI=1S/C21H26N2O3S/c1-16-8-5-6-9-18(16)15-22-21(24)17-10-7-13-20(14-17)27(25,26)23-19-11-3-2-4-12-19/h5-10,13-14,19,23H,2-4,11-12,15H2,1H3,(H,22,24). The molecule has 2 aromatic carbocycles. The van der Waals surface area contributed by atoms with Crippen molar-refractivity contribution in [1.29, 1.82) is 0 Å². The van der Waals surface area contributed by atoms with Gasteiger partial charge in [-0.3, -0.25) is 4.79 Å². The van der Waals surface area contributed by atoms with Crippen molar-refractivity contribution in [1.82, 2.24) is 10.0 Å². The molecule has 0 unspecified atom stereocenters. The second-order valence-corrected chi connectivity index (χ2v) is 8.81. The fraction of sp³-hybridized carbons (Fsp3) is 0.381. The van der Waals surface area contributed by atoms with E-state index in [2.05, 4.69) is 10.0 Å². The van der Waals surface area contributed by atoms with Crippen molar-refractivity contribution in [2.45, 2.75) is 56.5 Å². The molecule has 2 N–H and O–H groups in total. The predicted molar refractivity (Wildman–Crippen MR) is 106 cm³/mol. The van der Waals surface area contributed by atoms with Gasteiger partial charge in [0.05, 0.1) is 4.90 Å². The molecule has 0 atom stereocenters. The molecule has 0 bridgehead atoms. The van der Waals surface area contributed by atoms with Gasteiger partial charge in [0.25, 0.3) is 5.91 Å². The summed E-state index contributed by atoms with van der Waals surface area (Å²) in [7, 11) is -3.62. The molecule has 6 heteroatoms. The van der Waals surface area contributed by atoms with Gasteiger partial charge in [0.1, 0.15) is 0 Å². The van der Waals surface area contributed by atoms with Crippen LogP contribution in [0.1, 0.15) is 53.6 Å². The number of hydrogen-bond donors (Lipinski definition) is 2. The van der Waals surface area contributed by atoms with Gasteiger partial charge in [0.15, 0.2) is 0 Å². The first-order valence-electron chi connectivity index (χ1n) is 9.41. The lowest BCUT2D eigenvalue weighted by Crippen LogP contribution is -2.36. The fourth-order valence-electron chi connectivity index (χ4n) is 3.40. The molecule has 27 heavy (non-hydrogen) atoms. The van der Waals surface area contributed by atoms with Crippen LogP contribution in [0.15, 0.2) is 53.4 Å². The Morgan fingerprint density at radius 2 is 1.78 bits per heavy atom. The van der Waals surface area contributed by atoms with Gasteiger partial charge >= 0.3 is 0 Å². The third-order valence-electron chi connectivity index (χ3n) is 5.03. The normalized spacial score (nSPS) is 15.4. The molecular formula is C21H26N2O3S. The van der Waals surface area contributed by atoms with Crippen LogP contribution in [0.3, 0.4) is 0 Å². The van der Waals surface area contributed by atoms with Crippen LogP contribution in [0, 0.1) is 6.92 Å². The average molecular weight is 387 g/mol. The third-order valence-corrected chi connectivity index (χ3v) is 6.55. The number of sulfonamides is 1. The van der Waals surface area contributed by atoms with Crippen LogP contribution in [-0.2, 0) is 16.6 Å². The zero-order chi connectivity index (χ0) is 19.3. The molecular weight excluding hydrogens is 360 g/mol. The minimum Gasteiger partial charge on any atom is -0.348 e. The highest BCUT2D eigenvalue weighted by Crippen LogP contribution is 2.20. The molecule has 0 heterocycles. The van der Waals surface area contributed by atoms with Gasteiger partial charge in [0, 0.05) is 18.2 Å². The van der Waals surface area contributed by atoms with E-state index in [0.29, 0.717) is 12.1 Å². The molecule has 1 aliphatic rings. The van der Waals surface area contributed by atoms with Crippen molar-refractivity contribution in [2.24, 2.45) is 0 Å². The number of rotatable bonds is 6. The number of aryl methyl sites for hydroxylation is 1. The van der Waals surface area contributed by atoms with Crippen molar-refractivity contribution < 1.29 is 13.2 Å². The SMILES string of the molecule is Cc1ccccc1CNC(=O)c1cccc(S(=O)(=O)NC2CCCCC2)c1. The predicted octanol–water partition coefficient (Wildman–Crippen LogP) is 3.54. The number of nitrogens with one attached hydrogen (secondary N) is 2. The van der Waals surface area contributed by atoms with Gasteiger partial charge in [-0.05, 0) is 49.1 Å². The first-order chi connectivity index (χ1) is 13.0. The molecule has 5 nitrogen and oxygen atoms in total. The first kappa shape index (κ1) is 19.6. The summed E-state index contributed by atoms with van der Waals surface area (Å²) in [6, 6.07) is 14.0. The van der Waals surface area contributed by atoms with Crippen molar-refractivity contribution in [3.63, 3.8) is 0 Å². The highest BCUT2D eigenvalue weighted by atomic mass is 32.2. The lowest BCUT2D eigenvalue weighted by atomic mass is 9.96. The molecule has 3 rings (SSSR count). The Labute approximate surface area is 161 Å². The number of carbonyl (C=O) groups excluding carboxylic acids is 1. The largest absolute Gasteiger partial charge is 0.348 e. The zero-order valence-electron chi connectivity index (χ0n) is 15.6. The smallest absolute Gasteiger partial charge is 0.251 e. The highest BCUT2D eigenvalue weighted by molar-refractivity contribution is 7.89. The van der Waals surface area contributed by atoms with Crippen LogP contribution >= 0.6 is 0 Å². The van der Waals surface area contributed by atoms with Crippen LogP contribution in [0.5, 0.6) is 0 Å². The van der Waals surface area contributed by atoms with E-state index in [1.54, 1.807) is 12.1 Å². The summed E-state index contributed by atoms with van der Waals surface area (Å²) in [5.74, 6) is -0.284. The Morgan fingerprint density at radius 1 is 1.04 bits per heavy atom. The Hall–Kier alpha value is -2.18. The molecule has 0 radical (unpaired) electrons. The average Bonchev–Trinajstić information content (AvgIpc) is 2.68. The van der Waals surface area contributed by atoms with Crippen LogP contribution < -0.4 is 10.0 Å². The minimum atomic E-state index is -3.62. The van der Waals surface area contributed by atoms with E-state index in [1.807, 2.05) is 31.2 Å². The van der Waals surface area contributed by atoms with Gasteiger partial charge in [-0.2, -0.15) is 0 Å². The van der Waals surface area contributed by atoms with Crippen molar-refractivity contribution in [2.75, 3.05) is 0 Å². The number of carbonyl (C=O) groups is 1. The topological polar surface area (TPSA) is 75.3 Å². The molecule has 0 spiro atoms. The summed E-state index contributed by atoms with van der Waals surface area (Å²) in [6.45, 7) is 2.40. The van der Waals surface area contributed by atoms with E-state index >= 15 is 0 Å². The molecule has 2 aromatic rings. The van der Waals surface area contributed by atoms with Crippen LogP contribution in [-0.4, -0.2) is 20.4 Å². The van der Waals surface area contributed by atoms with Crippen molar-refractivity contribution in [3.8, 4) is 0 Å². The zero-order valence-corrected chi connectivity index (χ0v) is 16.4. The lowest BCUT2D eigenvalue weighted by molar-refractivity contribution is 0.0950. The fourth-order valence-corrected chi connectivity index (χ4v) is 4.75. The Morgan fingerprint density at radius 3 is 2.52 bits per heavy atom. The van der Waals surface area contributed by atoms with Crippen molar-refractivity contribution >= 4 is 15.9 Å². The molecule has 1 amide bonds. The molecule has 1 aliphatic carbocycles. The maximum atomic E-state index is 12.7. The maximum Gasteiger partial charge on any atom is 0.251 e. The molecule has 1 fully saturated rings. The number of benzene rings is 2. The Balaban J connectivity index is 1.68. The monoisotopic (exact) mass is 386 g/mol. The van der Waals surface area contributed by atoms with Gasteiger partial charge in [-0.25, -0.2) is 13.1 Å². The molecule has 144 valence electrons. The molecule has 0 aromatic heterocycles. The minimum absolute atomic E-state index is 0.0118. The van der Waals surface area contributed by atoms with Gasteiger partial charge in [-0.1, -0.05) is 49.6 Å². The quantitative estimate of drug-likeness (QED) is 0.797. The Bertz CT molecular complexity index is 903. The van der Waals surface area contributed by atoms with E-state index < -0.39 is 10.0 Å². The third kappa shape index (κ3) is 5.17. The maximum absolute atomic E-state index is 12.7. The van der Waals surface area contributed by atoms with Crippen LogP contribution in [0.2, 0.25) is 0 Å². The molecule has 0 saturated heterocycles. The second kappa shape index (κ2) is 8.67.